The van der Waals surface area contributed by atoms with E-state index in [1.165, 1.54) is 0 Å². The van der Waals surface area contributed by atoms with E-state index in [2.05, 4.69) is 24.9 Å². The Balaban J connectivity index is 1.56. The average Bonchev–Trinajstić information content (AvgIpc) is 3.24. The fourth-order valence-electron chi connectivity index (χ4n) is 3.27. The zero-order valence-electron chi connectivity index (χ0n) is 16.8. The Kier molecular flexibility index (Phi) is 4.90. The number of hydrogen-bond donors (Lipinski definition) is 3. The summed E-state index contributed by atoms with van der Waals surface area (Å²) < 4.78 is 25.1. The number of Topliss-reactive ketones (excluding diaryl/α,β-unsaturated/α-hetero) is 1. The van der Waals surface area contributed by atoms with Crippen molar-refractivity contribution in [2.24, 2.45) is 0 Å². The summed E-state index contributed by atoms with van der Waals surface area (Å²) in [5.41, 5.74) is 5.99. The summed E-state index contributed by atoms with van der Waals surface area (Å²) in [5.74, 6) is -0.0530. The number of rotatable bonds is 6. The van der Waals surface area contributed by atoms with Crippen LogP contribution in [0.4, 0.5) is 5.69 Å². The highest BCUT2D eigenvalue weighted by Crippen LogP contribution is 2.25. The van der Waals surface area contributed by atoms with Crippen molar-refractivity contribution in [3.8, 4) is 11.3 Å². The first-order valence-corrected chi connectivity index (χ1v) is 11.2. The van der Waals surface area contributed by atoms with Gasteiger partial charge in [-0.25, -0.2) is 13.4 Å². The zero-order chi connectivity index (χ0) is 21.5. The molecule has 0 fully saturated rings. The van der Waals surface area contributed by atoms with Crippen molar-refractivity contribution >= 4 is 32.5 Å². The van der Waals surface area contributed by atoms with Gasteiger partial charge in [-0.2, -0.15) is 5.10 Å². The number of nitrogens with one attached hydrogen (secondary N) is 3. The summed E-state index contributed by atoms with van der Waals surface area (Å²) >= 11 is 0. The molecular weight excluding hydrogens is 402 g/mol. The number of fused-ring (bicyclic) bond motifs is 1. The van der Waals surface area contributed by atoms with Gasteiger partial charge in [0.1, 0.15) is 11.3 Å². The lowest BCUT2D eigenvalue weighted by molar-refractivity contribution is 0.0987. The first kappa shape index (κ1) is 19.8. The van der Waals surface area contributed by atoms with Crippen molar-refractivity contribution in [1.29, 1.82) is 0 Å². The summed E-state index contributed by atoms with van der Waals surface area (Å²) in [4.78, 5) is 20.3. The molecule has 0 aliphatic rings. The summed E-state index contributed by atoms with van der Waals surface area (Å²) in [7, 11) is -3.31. The predicted molar refractivity (Wildman–Crippen MR) is 116 cm³/mol. The third-order valence-corrected chi connectivity index (χ3v) is 5.51. The largest absolute Gasteiger partial charge is 0.339 e. The SMILES string of the molecule is Cc1[nH]nc(C(=O)Cc2cnc3[nH]c(-c4ccc(NS(C)(=O)=O)cc4)cc3c2)c1C. The molecule has 30 heavy (non-hydrogen) atoms. The van der Waals surface area contributed by atoms with Gasteiger partial charge in [-0.15, -0.1) is 0 Å². The van der Waals surface area contributed by atoms with Crippen LogP contribution < -0.4 is 4.72 Å². The number of nitrogens with zero attached hydrogens (tertiary/aromatic N) is 2. The minimum atomic E-state index is -3.31. The molecule has 0 aliphatic carbocycles. The van der Waals surface area contributed by atoms with Gasteiger partial charge in [0.2, 0.25) is 10.0 Å². The maximum absolute atomic E-state index is 12.6. The van der Waals surface area contributed by atoms with Gasteiger partial charge in [-0.1, -0.05) is 12.1 Å². The quantitative estimate of drug-likeness (QED) is 0.411. The van der Waals surface area contributed by atoms with Gasteiger partial charge in [-0.3, -0.25) is 14.6 Å². The van der Waals surface area contributed by atoms with Crippen LogP contribution in [0.3, 0.4) is 0 Å². The smallest absolute Gasteiger partial charge is 0.229 e. The number of anilines is 1. The molecule has 3 N–H and O–H groups in total. The zero-order valence-corrected chi connectivity index (χ0v) is 17.6. The highest BCUT2D eigenvalue weighted by Gasteiger charge is 2.16. The molecule has 0 saturated heterocycles. The average molecular weight is 423 g/mol. The minimum Gasteiger partial charge on any atom is -0.339 e. The van der Waals surface area contributed by atoms with E-state index in [0.717, 1.165) is 39.7 Å². The summed E-state index contributed by atoms with van der Waals surface area (Å²) in [6.45, 7) is 3.76. The second-order valence-electron chi connectivity index (χ2n) is 7.34. The lowest BCUT2D eigenvalue weighted by Crippen LogP contribution is -2.09. The molecule has 0 radical (unpaired) electrons. The number of carbonyl (C=O) groups is 1. The Hall–Kier alpha value is -3.46. The van der Waals surface area contributed by atoms with Crippen molar-refractivity contribution in [3.63, 3.8) is 0 Å². The third kappa shape index (κ3) is 4.11. The van der Waals surface area contributed by atoms with Crippen LogP contribution in [0.2, 0.25) is 0 Å². The van der Waals surface area contributed by atoms with Crippen LogP contribution in [0, 0.1) is 13.8 Å². The number of ketones is 1. The van der Waals surface area contributed by atoms with Crippen LogP contribution in [0.25, 0.3) is 22.3 Å². The Morgan fingerprint density at radius 3 is 2.50 bits per heavy atom. The first-order valence-electron chi connectivity index (χ1n) is 9.30. The Bertz CT molecular complexity index is 1350. The molecule has 0 bridgehead atoms. The van der Waals surface area contributed by atoms with E-state index in [-0.39, 0.29) is 12.2 Å². The third-order valence-electron chi connectivity index (χ3n) is 4.91. The molecule has 3 aromatic heterocycles. The van der Waals surface area contributed by atoms with E-state index >= 15 is 0 Å². The fraction of sp³-hybridized carbons (Fsp3) is 0.190. The van der Waals surface area contributed by atoms with Gasteiger partial charge in [0.15, 0.2) is 5.78 Å². The van der Waals surface area contributed by atoms with Gasteiger partial charge >= 0.3 is 0 Å². The summed E-state index contributed by atoms with van der Waals surface area (Å²) in [5, 5.41) is 7.84. The molecular formula is C21H21N5O3S. The Labute approximate surface area is 173 Å². The molecule has 154 valence electrons. The maximum Gasteiger partial charge on any atom is 0.229 e. The molecule has 4 rings (SSSR count). The number of aryl methyl sites for hydroxylation is 1. The monoisotopic (exact) mass is 423 g/mol. The van der Waals surface area contributed by atoms with E-state index in [4.69, 9.17) is 0 Å². The second kappa shape index (κ2) is 7.42. The van der Waals surface area contributed by atoms with Crippen molar-refractivity contribution in [3.05, 3.63) is 65.1 Å². The molecule has 3 heterocycles. The molecule has 8 nitrogen and oxygen atoms in total. The van der Waals surface area contributed by atoms with Crippen LogP contribution in [0.1, 0.15) is 27.3 Å². The van der Waals surface area contributed by atoms with Crippen LogP contribution in [-0.4, -0.2) is 40.6 Å². The normalized spacial score (nSPS) is 11.7. The molecule has 0 aliphatic heterocycles. The van der Waals surface area contributed by atoms with Crippen molar-refractivity contribution < 1.29 is 13.2 Å². The fourth-order valence-corrected chi connectivity index (χ4v) is 3.83. The number of benzene rings is 1. The first-order chi connectivity index (χ1) is 14.2. The number of sulfonamides is 1. The lowest BCUT2D eigenvalue weighted by Gasteiger charge is -2.04. The highest BCUT2D eigenvalue weighted by atomic mass is 32.2. The van der Waals surface area contributed by atoms with Gasteiger partial charge < -0.3 is 4.98 Å². The van der Waals surface area contributed by atoms with Crippen LogP contribution in [0.5, 0.6) is 0 Å². The van der Waals surface area contributed by atoms with Crippen molar-refractivity contribution in [1.82, 2.24) is 20.2 Å². The molecule has 9 heteroatoms. The number of aromatic amines is 2. The Morgan fingerprint density at radius 1 is 1.13 bits per heavy atom. The molecule has 0 atom stereocenters. The number of pyridine rings is 1. The molecule has 0 saturated carbocycles. The van der Waals surface area contributed by atoms with Crippen LogP contribution >= 0.6 is 0 Å². The number of H-pyrrole nitrogens is 2. The highest BCUT2D eigenvalue weighted by molar-refractivity contribution is 7.92. The van der Waals surface area contributed by atoms with E-state index in [9.17, 15) is 13.2 Å². The van der Waals surface area contributed by atoms with Gasteiger partial charge in [-0.05, 0) is 49.2 Å². The van der Waals surface area contributed by atoms with E-state index in [1.807, 2.05) is 38.1 Å². The second-order valence-corrected chi connectivity index (χ2v) is 9.09. The maximum atomic E-state index is 12.6. The standard InChI is InChI=1S/C21H21N5O3S/c1-12-13(2)24-25-20(12)19(27)9-14-8-16-10-18(23-21(16)22-11-14)15-4-6-17(7-5-15)26-30(3,28)29/h4-8,10-11,26H,9H2,1-3H3,(H,22,23)(H,24,25). The predicted octanol–water partition coefficient (Wildman–Crippen LogP) is 3.37. The molecule has 0 unspecified atom stereocenters. The van der Waals surface area contributed by atoms with E-state index in [1.54, 1.807) is 18.3 Å². The van der Waals surface area contributed by atoms with E-state index in [0.29, 0.717) is 17.0 Å². The van der Waals surface area contributed by atoms with Crippen molar-refractivity contribution in [2.45, 2.75) is 20.3 Å². The number of aromatic nitrogens is 4. The summed E-state index contributed by atoms with van der Waals surface area (Å²) in [6.07, 6.45) is 3.02. The van der Waals surface area contributed by atoms with Gasteiger partial charge in [0.05, 0.1) is 6.26 Å². The molecule has 0 spiro atoms. The molecule has 4 aromatic rings. The van der Waals surface area contributed by atoms with Crippen molar-refractivity contribution in [2.75, 3.05) is 11.0 Å². The number of carbonyl (C=O) groups excluding carboxylic acids is 1. The van der Waals surface area contributed by atoms with Crippen LogP contribution in [-0.2, 0) is 16.4 Å². The van der Waals surface area contributed by atoms with Gasteiger partial charge in [0, 0.05) is 40.6 Å². The molecule has 1 aromatic carbocycles. The summed E-state index contributed by atoms with van der Waals surface area (Å²) in [6, 6.07) is 11.0. The van der Waals surface area contributed by atoms with Gasteiger partial charge in [0.25, 0.3) is 0 Å². The number of hydrogen-bond acceptors (Lipinski definition) is 5. The minimum absolute atomic E-state index is 0.0530. The van der Waals surface area contributed by atoms with E-state index < -0.39 is 10.0 Å². The van der Waals surface area contributed by atoms with Crippen LogP contribution in [0.15, 0.2) is 42.6 Å². The lowest BCUT2D eigenvalue weighted by atomic mass is 10.0. The Morgan fingerprint density at radius 2 is 1.87 bits per heavy atom. The molecule has 0 amide bonds. The topological polar surface area (TPSA) is 121 Å².